The number of hydrogen-bond donors (Lipinski definition) is 0. The van der Waals surface area contributed by atoms with Crippen LogP contribution in [0.15, 0.2) is 41.5 Å². The Labute approximate surface area is 92.4 Å². The van der Waals surface area contributed by atoms with Gasteiger partial charge in [-0.25, -0.2) is 0 Å². The molecule has 16 heavy (non-hydrogen) atoms. The second kappa shape index (κ2) is 3.99. The lowest BCUT2D eigenvalue weighted by molar-refractivity contribution is 0.856. The zero-order valence-electron chi connectivity index (χ0n) is 8.71. The number of aryl methyl sites for hydroxylation is 1. The normalized spacial score (nSPS) is 9.75. The van der Waals surface area contributed by atoms with Crippen molar-refractivity contribution in [3.05, 3.63) is 52.6 Å². The molecule has 2 rings (SSSR count). The van der Waals surface area contributed by atoms with Gasteiger partial charge < -0.3 is 4.57 Å². The van der Waals surface area contributed by atoms with Crippen LogP contribution in [0.25, 0.3) is 11.3 Å². The zero-order chi connectivity index (χ0) is 11.5. The number of nitrogens with zero attached hydrogens (tertiary/aromatic N) is 3. The van der Waals surface area contributed by atoms with Crippen LogP contribution < -0.4 is 5.56 Å². The first kappa shape index (κ1) is 10.1. The third kappa shape index (κ3) is 1.59. The van der Waals surface area contributed by atoms with E-state index in [9.17, 15) is 4.79 Å². The Balaban J connectivity index is 2.74. The highest BCUT2D eigenvalue weighted by Gasteiger charge is 2.10. The second-order valence-electron chi connectivity index (χ2n) is 3.35. The zero-order valence-corrected chi connectivity index (χ0v) is 8.71. The van der Waals surface area contributed by atoms with Gasteiger partial charge in [0.1, 0.15) is 11.6 Å². The van der Waals surface area contributed by atoms with Crippen LogP contribution in [-0.4, -0.2) is 9.55 Å². The minimum atomic E-state index is -0.300. The molecule has 0 aliphatic carbocycles. The van der Waals surface area contributed by atoms with Gasteiger partial charge in [-0.05, 0) is 18.2 Å². The number of rotatable bonds is 1. The number of hydrogen-bond acceptors (Lipinski definition) is 3. The lowest BCUT2D eigenvalue weighted by Crippen LogP contribution is -2.19. The Bertz CT molecular complexity index is 608. The maximum atomic E-state index is 11.7. The molecular weight excluding hydrogens is 202 g/mol. The van der Waals surface area contributed by atoms with Crippen molar-refractivity contribution in [3.8, 4) is 17.3 Å². The van der Waals surface area contributed by atoms with Gasteiger partial charge in [-0.2, -0.15) is 5.26 Å². The fourth-order valence-electron chi connectivity index (χ4n) is 1.47. The maximum Gasteiger partial charge on any atom is 0.268 e. The molecular formula is C12H9N3O. The summed E-state index contributed by atoms with van der Waals surface area (Å²) >= 11 is 0. The van der Waals surface area contributed by atoms with Gasteiger partial charge in [0.15, 0.2) is 0 Å². The Morgan fingerprint density at radius 1 is 1.38 bits per heavy atom. The molecule has 4 heteroatoms. The minimum absolute atomic E-state index is 0.128. The van der Waals surface area contributed by atoms with Crippen molar-refractivity contribution < 1.29 is 0 Å². The van der Waals surface area contributed by atoms with Gasteiger partial charge >= 0.3 is 0 Å². The predicted molar refractivity (Wildman–Crippen MR) is 59.6 cm³/mol. The van der Waals surface area contributed by atoms with Gasteiger partial charge in [0.05, 0.1) is 5.69 Å². The first-order valence-electron chi connectivity index (χ1n) is 4.75. The molecule has 0 amide bonds. The quantitative estimate of drug-likeness (QED) is 0.714. The van der Waals surface area contributed by atoms with E-state index in [0.717, 1.165) is 0 Å². The van der Waals surface area contributed by atoms with E-state index in [4.69, 9.17) is 5.26 Å². The van der Waals surface area contributed by atoms with E-state index in [1.54, 1.807) is 37.6 Å². The largest absolute Gasteiger partial charge is 0.317 e. The van der Waals surface area contributed by atoms with Crippen molar-refractivity contribution in [2.24, 2.45) is 7.05 Å². The molecule has 0 N–H and O–H groups in total. The Hall–Kier alpha value is -2.41. The SMILES string of the molecule is Cn1ccc(-c2ccccn2)c(C#N)c1=O. The molecule has 0 aromatic carbocycles. The number of nitriles is 1. The van der Waals surface area contributed by atoms with Crippen molar-refractivity contribution in [2.45, 2.75) is 0 Å². The average molecular weight is 211 g/mol. The summed E-state index contributed by atoms with van der Waals surface area (Å²) in [6, 6.07) is 9.04. The van der Waals surface area contributed by atoms with Gasteiger partial charge in [0.25, 0.3) is 5.56 Å². The van der Waals surface area contributed by atoms with Crippen LogP contribution >= 0.6 is 0 Å². The molecule has 0 atom stereocenters. The van der Waals surface area contributed by atoms with E-state index in [0.29, 0.717) is 11.3 Å². The van der Waals surface area contributed by atoms with Gasteiger partial charge in [0.2, 0.25) is 0 Å². The van der Waals surface area contributed by atoms with Crippen molar-refractivity contribution in [1.29, 1.82) is 5.26 Å². The van der Waals surface area contributed by atoms with Gasteiger partial charge in [-0.1, -0.05) is 6.07 Å². The van der Waals surface area contributed by atoms with Crippen molar-refractivity contribution in [2.75, 3.05) is 0 Å². The molecule has 78 valence electrons. The predicted octanol–water partition coefficient (Wildman–Crippen LogP) is 1.32. The summed E-state index contributed by atoms with van der Waals surface area (Å²) in [6.07, 6.45) is 3.27. The third-order valence-electron chi connectivity index (χ3n) is 2.32. The lowest BCUT2D eigenvalue weighted by Gasteiger charge is -2.04. The lowest BCUT2D eigenvalue weighted by atomic mass is 10.1. The molecule has 0 aliphatic rings. The van der Waals surface area contributed by atoms with Crippen LogP contribution in [0.5, 0.6) is 0 Å². The topological polar surface area (TPSA) is 58.7 Å². The molecule has 2 heterocycles. The van der Waals surface area contributed by atoms with Crippen LogP contribution in [0.2, 0.25) is 0 Å². The smallest absolute Gasteiger partial charge is 0.268 e. The van der Waals surface area contributed by atoms with Crippen LogP contribution in [0.3, 0.4) is 0 Å². The monoisotopic (exact) mass is 211 g/mol. The highest BCUT2D eigenvalue weighted by atomic mass is 16.1. The van der Waals surface area contributed by atoms with Crippen molar-refractivity contribution >= 4 is 0 Å². The second-order valence-corrected chi connectivity index (χ2v) is 3.35. The van der Waals surface area contributed by atoms with Gasteiger partial charge in [-0.15, -0.1) is 0 Å². The highest BCUT2D eigenvalue weighted by Crippen LogP contribution is 2.17. The average Bonchev–Trinajstić information content (AvgIpc) is 2.33. The first-order valence-corrected chi connectivity index (χ1v) is 4.75. The standard InChI is InChI=1S/C12H9N3O/c1-15-7-5-9(10(8-13)12(15)16)11-4-2-3-6-14-11/h2-7H,1H3. The summed E-state index contributed by atoms with van der Waals surface area (Å²) in [5.41, 5.74) is 1.04. The summed E-state index contributed by atoms with van der Waals surface area (Å²) in [4.78, 5) is 15.8. The number of aromatic nitrogens is 2. The van der Waals surface area contributed by atoms with Crippen LogP contribution in [-0.2, 0) is 7.05 Å². The molecule has 0 fully saturated rings. The maximum absolute atomic E-state index is 11.7. The fraction of sp³-hybridized carbons (Fsp3) is 0.0833. The molecule has 0 saturated heterocycles. The minimum Gasteiger partial charge on any atom is -0.317 e. The fourth-order valence-corrected chi connectivity index (χ4v) is 1.47. The molecule has 0 unspecified atom stereocenters. The van der Waals surface area contributed by atoms with E-state index >= 15 is 0 Å². The van der Waals surface area contributed by atoms with E-state index < -0.39 is 0 Å². The molecule has 0 bridgehead atoms. The van der Waals surface area contributed by atoms with E-state index in [1.165, 1.54) is 4.57 Å². The first-order chi connectivity index (χ1) is 7.74. The third-order valence-corrected chi connectivity index (χ3v) is 2.32. The van der Waals surface area contributed by atoms with E-state index in [-0.39, 0.29) is 11.1 Å². The van der Waals surface area contributed by atoms with E-state index in [1.807, 2.05) is 12.1 Å². The highest BCUT2D eigenvalue weighted by molar-refractivity contribution is 5.66. The van der Waals surface area contributed by atoms with Crippen LogP contribution in [0, 0.1) is 11.3 Å². The molecule has 0 aliphatic heterocycles. The van der Waals surface area contributed by atoms with Crippen molar-refractivity contribution in [3.63, 3.8) is 0 Å². The summed E-state index contributed by atoms with van der Waals surface area (Å²) in [6.45, 7) is 0. The van der Waals surface area contributed by atoms with Crippen LogP contribution in [0.4, 0.5) is 0 Å². The van der Waals surface area contributed by atoms with Gasteiger partial charge in [0, 0.05) is 25.0 Å². The van der Waals surface area contributed by atoms with Gasteiger partial charge in [-0.3, -0.25) is 9.78 Å². The molecule has 0 radical (unpaired) electrons. The molecule has 2 aromatic rings. The molecule has 0 saturated carbocycles. The Morgan fingerprint density at radius 2 is 2.19 bits per heavy atom. The van der Waals surface area contributed by atoms with Crippen LogP contribution in [0.1, 0.15) is 5.56 Å². The summed E-state index contributed by atoms with van der Waals surface area (Å²) < 4.78 is 1.38. The number of pyridine rings is 2. The molecule has 4 nitrogen and oxygen atoms in total. The molecule has 2 aromatic heterocycles. The van der Waals surface area contributed by atoms with E-state index in [2.05, 4.69) is 4.98 Å². The summed E-state index contributed by atoms with van der Waals surface area (Å²) in [5.74, 6) is 0. The summed E-state index contributed by atoms with van der Waals surface area (Å²) in [7, 11) is 1.62. The Morgan fingerprint density at radius 3 is 2.81 bits per heavy atom. The molecule has 0 spiro atoms. The Kier molecular flexibility index (Phi) is 2.52. The summed E-state index contributed by atoms with van der Waals surface area (Å²) in [5, 5.41) is 8.99. The van der Waals surface area contributed by atoms with Crippen molar-refractivity contribution in [1.82, 2.24) is 9.55 Å².